The van der Waals surface area contributed by atoms with Crippen LogP contribution in [-0.2, 0) is 16.6 Å². The Balaban J connectivity index is 2.28. The third kappa shape index (κ3) is 2.87. The number of benzene rings is 1. The Morgan fingerprint density at radius 3 is 2.74 bits per heavy atom. The first-order chi connectivity index (χ1) is 8.92. The summed E-state index contributed by atoms with van der Waals surface area (Å²) < 4.78 is 28.4. The van der Waals surface area contributed by atoms with E-state index in [9.17, 15) is 8.42 Å². The summed E-state index contributed by atoms with van der Waals surface area (Å²) in [5.41, 5.74) is 7.60. The number of anilines is 2. The van der Waals surface area contributed by atoms with Gasteiger partial charge in [-0.05, 0) is 37.6 Å². The highest BCUT2D eigenvalue weighted by Crippen LogP contribution is 2.19. The Morgan fingerprint density at radius 1 is 1.42 bits per heavy atom. The SMILES string of the molecule is CCn1cnc(S(=O)(=O)Nc2ccc(N)c(C)c2)c1. The summed E-state index contributed by atoms with van der Waals surface area (Å²) in [6.07, 6.45) is 2.98. The second kappa shape index (κ2) is 4.93. The monoisotopic (exact) mass is 280 g/mol. The Hall–Kier alpha value is -2.02. The smallest absolute Gasteiger partial charge is 0.280 e. The Kier molecular flexibility index (Phi) is 3.48. The van der Waals surface area contributed by atoms with E-state index in [1.54, 1.807) is 22.8 Å². The van der Waals surface area contributed by atoms with Crippen LogP contribution in [-0.4, -0.2) is 18.0 Å². The fourth-order valence-corrected chi connectivity index (χ4v) is 2.60. The van der Waals surface area contributed by atoms with Crippen LogP contribution >= 0.6 is 0 Å². The molecule has 6 nitrogen and oxygen atoms in total. The molecule has 1 aromatic carbocycles. The zero-order valence-electron chi connectivity index (χ0n) is 10.8. The number of hydrogen-bond acceptors (Lipinski definition) is 4. The zero-order valence-corrected chi connectivity index (χ0v) is 11.6. The molecular weight excluding hydrogens is 264 g/mol. The zero-order chi connectivity index (χ0) is 14.0. The third-order valence-corrected chi connectivity index (χ3v) is 4.04. The Morgan fingerprint density at radius 2 is 2.16 bits per heavy atom. The van der Waals surface area contributed by atoms with Crippen molar-refractivity contribution in [1.82, 2.24) is 9.55 Å². The minimum atomic E-state index is -3.65. The molecular formula is C12H16N4O2S. The van der Waals surface area contributed by atoms with Gasteiger partial charge >= 0.3 is 0 Å². The number of aryl methyl sites for hydroxylation is 2. The predicted molar refractivity (Wildman–Crippen MR) is 74.3 cm³/mol. The van der Waals surface area contributed by atoms with Crippen molar-refractivity contribution in [3.05, 3.63) is 36.3 Å². The van der Waals surface area contributed by atoms with E-state index in [1.807, 2.05) is 13.8 Å². The summed E-state index contributed by atoms with van der Waals surface area (Å²) in [5, 5.41) is 0.00354. The maximum Gasteiger partial charge on any atom is 0.280 e. The second-order valence-corrected chi connectivity index (χ2v) is 5.85. The van der Waals surface area contributed by atoms with Gasteiger partial charge < -0.3 is 10.3 Å². The molecule has 0 radical (unpaired) electrons. The van der Waals surface area contributed by atoms with Gasteiger partial charge in [0.2, 0.25) is 0 Å². The van der Waals surface area contributed by atoms with Crippen molar-refractivity contribution in [2.24, 2.45) is 0 Å². The van der Waals surface area contributed by atoms with Gasteiger partial charge in [0.1, 0.15) is 0 Å². The molecule has 2 aromatic rings. The molecule has 0 amide bonds. The molecule has 0 saturated carbocycles. The van der Waals surface area contributed by atoms with E-state index >= 15 is 0 Å². The minimum Gasteiger partial charge on any atom is -0.399 e. The van der Waals surface area contributed by atoms with E-state index in [0.29, 0.717) is 17.9 Å². The molecule has 0 aliphatic carbocycles. The lowest BCUT2D eigenvalue weighted by Crippen LogP contribution is -2.13. The van der Waals surface area contributed by atoms with Crippen molar-refractivity contribution in [3.63, 3.8) is 0 Å². The molecule has 3 N–H and O–H groups in total. The van der Waals surface area contributed by atoms with Gasteiger partial charge in [-0.15, -0.1) is 0 Å². The minimum absolute atomic E-state index is 0.00354. The van der Waals surface area contributed by atoms with Crippen LogP contribution in [0.15, 0.2) is 35.7 Å². The normalized spacial score (nSPS) is 11.5. The second-order valence-electron chi connectivity index (χ2n) is 4.22. The number of imidazole rings is 1. The standard InChI is InChI=1S/C12H16N4O2S/c1-3-16-7-12(14-8-16)19(17,18)15-10-4-5-11(13)9(2)6-10/h4-8,15H,3,13H2,1-2H3. The van der Waals surface area contributed by atoms with Gasteiger partial charge in [-0.3, -0.25) is 4.72 Å². The lowest BCUT2D eigenvalue weighted by atomic mass is 10.2. The predicted octanol–water partition coefficient (Wildman–Crippen LogP) is 1.59. The molecule has 0 aliphatic rings. The van der Waals surface area contributed by atoms with Crippen LogP contribution < -0.4 is 10.5 Å². The van der Waals surface area contributed by atoms with Crippen LogP contribution in [0, 0.1) is 6.92 Å². The van der Waals surface area contributed by atoms with Gasteiger partial charge in [0.05, 0.1) is 6.33 Å². The molecule has 7 heteroatoms. The van der Waals surface area contributed by atoms with Gasteiger partial charge in [-0.1, -0.05) is 0 Å². The maximum absolute atomic E-state index is 12.1. The first kappa shape index (κ1) is 13.4. The van der Waals surface area contributed by atoms with Crippen LogP contribution in [0.25, 0.3) is 0 Å². The number of nitrogens with two attached hydrogens (primary N) is 1. The number of sulfonamides is 1. The van der Waals surface area contributed by atoms with E-state index in [1.165, 1.54) is 12.5 Å². The van der Waals surface area contributed by atoms with Crippen molar-refractivity contribution in [1.29, 1.82) is 0 Å². The summed E-state index contributed by atoms with van der Waals surface area (Å²) in [6, 6.07) is 4.97. The Bertz CT molecular complexity index is 692. The molecule has 0 bridgehead atoms. The van der Waals surface area contributed by atoms with Crippen LogP contribution in [0.4, 0.5) is 11.4 Å². The first-order valence-corrected chi connectivity index (χ1v) is 7.31. The molecule has 0 aliphatic heterocycles. The van der Waals surface area contributed by atoms with Gasteiger partial charge in [0, 0.05) is 24.1 Å². The van der Waals surface area contributed by atoms with Crippen LogP contribution in [0.2, 0.25) is 0 Å². The van der Waals surface area contributed by atoms with Crippen LogP contribution in [0.3, 0.4) is 0 Å². The van der Waals surface area contributed by atoms with Gasteiger partial charge in [-0.2, -0.15) is 8.42 Å². The summed E-state index contributed by atoms with van der Waals surface area (Å²) >= 11 is 0. The van der Waals surface area contributed by atoms with Crippen molar-refractivity contribution < 1.29 is 8.42 Å². The van der Waals surface area contributed by atoms with Crippen molar-refractivity contribution >= 4 is 21.4 Å². The first-order valence-electron chi connectivity index (χ1n) is 5.83. The van der Waals surface area contributed by atoms with Gasteiger partial charge in [0.15, 0.2) is 5.03 Å². The average molecular weight is 280 g/mol. The largest absolute Gasteiger partial charge is 0.399 e. The molecule has 0 fully saturated rings. The molecule has 2 rings (SSSR count). The highest BCUT2D eigenvalue weighted by molar-refractivity contribution is 7.92. The molecule has 0 unspecified atom stereocenters. The maximum atomic E-state index is 12.1. The summed E-state index contributed by atoms with van der Waals surface area (Å²) in [5.74, 6) is 0. The van der Waals surface area contributed by atoms with Crippen molar-refractivity contribution in [2.75, 3.05) is 10.5 Å². The topological polar surface area (TPSA) is 90.0 Å². The number of nitrogens with one attached hydrogen (secondary N) is 1. The summed E-state index contributed by atoms with van der Waals surface area (Å²) in [7, 11) is -3.65. The fraction of sp³-hybridized carbons (Fsp3) is 0.250. The number of aromatic nitrogens is 2. The molecule has 0 spiro atoms. The van der Waals surface area contributed by atoms with Crippen LogP contribution in [0.5, 0.6) is 0 Å². The highest BCUT2D eigenvalue weighted by Gasteiger charge is 2.17. The van der Waals surface area contributed by atoms with Crippen molar-refractivity contribution in [2.45, 2.75) is 25.4 Å². The Labute approximate surface area is 112 Å². The highest BCUT2D eigenvalue weighted by atomic mass is 32.2. The third-order valence-electron chi connectivity index (χ3n) is 2.77. The van der Waals surface area contributed by atoms with E-state index in [4.69, 9.17) is 5.73 Å². The quantitative estimate of drug-likeness (QED) is 0.832. The molecule has 1 aromatic heterocycles. The lowest BCUT2D eigenvalue weighted by Gasteiger charge is -2.07. The number of rotatable bonds is 4. The van der Waals surface area contributed by atoms with Crippen molar-refractivity contribution in [3.8, 4) is 0 Å². The molecule has 1 heterocycles. The molecule has 102 valence electrons. The summed E-state index contributed by atoms with van der Waals surface area (Å²) in [6.45, 7) is 4.40. The molecule has 0 atom stereocenters. The van der Waals surface area contributed by atoms with E-state index < -0.39 is 10.0 Å². The van der Waals surface area contributed by atoms with Crippen LogP contribution in [0.1, 0.15) is 12.5 Å². The number of hydrogen-bond donors (Lipinski definition) is 2. The average Bonchev–Trinajstić information content (AvgIpc) is 2.83. The number of nitrogens with zero attached hydrogens (tertiary/aromatic N) is 2. The summed E-state index contributed by atoms with van der Waals surface area (Å²) in [4.78, 5) is 3.88. The molecule has 0 saturated heterocycles. The van der Waals surface area contributed by atoms with E-state index in [-0.39, 0.29) is 5.03 Å². The van der Waals surface area contributed by atoms with Gasteiger partial charge in [-0.25, -0.2) is 4.98 Å². The van der Waals surface area contributed by atoms with E-state index in [0.717, 1.165) is 5.56 Å². The van der Waals surface area contributed by atoms with E-state index in [2.05, 4.69) is 9.71 Å². The molecule has 19 heavy (non-hydrogen) atoms. The number of nitrogen functional groups attached to an aromatic ring is 1. The van der Waals surface area contributed by atoms with Gasteiger partial charge in [0.25, 0.3) is 10.0 Å². The lowest BCUT2D eigenvalue weighted by molar-refractivity contribution is 0.598. The fourth-order valence-electron chi connectivity index (χ4n) is 1.60.